The van der Waals surface area contributed by atoms with E-state index in [4.69, 9.17) is 0 Å². The Kier molecular flexibility index (Phi) is 44.2. The molecule has 2 heterocycles. The van der Waals surface area contributed by atoms with Crippen LogP contribution in [0.25, 0.3) is 45.5 Å². The van der Waals surface area contributed by atoms with Crippen molar-refractivity contribution in [3.05, 3.63) is 133 Å². The van der Waals surface area contributed by atoms with Gasteiger partial charge in [-0.15, -0.1) is 47.0 Å². The smallest absolute Gasteiger partial charge is 0.0659 e. The van der Waals surface area contributed by atoms with Crippen molar-refractivity contribution in [1.29, 1.82) is 0 Å². The highest BCUT2D eigenvalue weighted by molar-refractivity contribution is 8.41. The van der Waals surface area contributed by atoms with E-state index in [1.807, 2.05) is 0 Å². The molecule has 8 heteroatoms. The van der Waals surface area contributed by atoms with Gasteiger partial charge in [-0.1, -0.05) is 418 Å². The van der Waals surface area contributed by atoms with Gasteiger partial charge < -0.3 is 0 Å². The highest BCUT2D eigenvalue weighted by Crippen LogP contribution is 2.60. The highest BCUT2D eigenvalue weighted by atomic mass is 32.3. The summed E-state index contributed by atoms with van der Waals surface area (Å²) in [5.41, 5.74) is 14.2. The molecule has 0 fully saturated rings. The van der Waals surface area contributed by atoms with Crippen molar-refractivity contribution in [2.24, 2.45) is 0 Å². The number of thioether (sulfide) groups is 8. The molecule has 1 aliphatic carbocycles. The molecule has 0 spiro atoms. The third kappa shape index (κ3) is 30.7. The van der Waals surface area contributed by atoms with E-state index in [9.17, 15) is 0 Å². The average Bonchev–Trinajstić information content (AvgIpc) is 1.57. The average molecular weight is 1460 g/mol. The third-order valence-corrected chi connectivity index (χ3v) is 31.5. The Morgan fingerprint density at radius 2 is 0.485 bits per heavy atom. The van der Waals surface area contributed by atoms with Crippen molar-refractivity contribution >= 4 is 106 Å². The summed E-state index contributed by atoms with van der Waals surface area (Å²) in [6.45, 7) is 14.0. The van der Waals surface area contributed by atoms with Crippen LogP contribution in [0.4, 0.5) is 0 Å². The van der Waals surface area contributed by atoms with Gasteiger partial charge >= 0.3 is 0 Å². The summed E-state index contributed by atoms with van der Waals surface area (Å²) in [4.78, 5) is 0. The van der Waals surface area contributed by atoms with Gasteiger partial charge in [0.2, 0.25) is 0 Å². The van der Waals surface area contributed by atoms with E-state index in [1.54, 1.807) is 28.1 Å². The van der Waals surface area contributed by atoms with E-state index in [0.29, 0.717) is 0 Å². The molecule has 0 amide bonds. The van der Waals surface area contributed by atoms with Crippen LogP contribution < -0.4 is 0 Å². The minimum atomic E-state index is -0.00336. The molecule has 0 N–H and O–H groups in total. The first kappa shape index (κ1) is 82.9. The number of hydrogen-bond acceptors (Lipinski definition) is 8. The van der Waals surface area contributed by atoms with Gasteiger partial charge in [0.05, 0.1) is 25.4 Å². The highest BCUT2D eigenvalue weighted by Gasteiger charge is 2.43. The molecule has 538 valence electrons. The number of rotatable bonds is 58. The molecule has 0 radical (unpaired) electrons. The normalized spacial score (nSPS) is 14.2. The van der Waals surface area contributed by atoms with E-state index >= 15 is 0 Å². The van der Waals surface area contributed by atoms with Gasteiger partial charge in [-0.05, 0) is 141 Å². The zero-order valence-electron chi connectivity index (χ0n) is 62.4. The standard InChI is InChI=1S/C89H134S8/c1-7-13-19-25-31-35-41-47-65-90-85-86(91-66-48-42-36-32-26-20-14-8-2)95-83(94-85)69-73-51-55-75(56-52-73)77-59-61-79-80-62-60-78(72-82(80)89(81(79)71-77,63-45-39-29-23-17-11-5)64-46-40-30-24-18-12-6)76-57-53-74(54-58-76)70-84-96-87(92-67-49-43-37-33-27-21-15-9-3)88(97-84)93-68-50-44-38-34-28-22-16-10-4/h51-62,69-72H,7-50,63-68H2,1-6H3. The van der Waals surface area contributed by atoms with Crippen molar-refractivity contribution in [3.8, 4) is 33.4 Å². The Hall–Kier alpha value is -1.36. The van der Waals surface area contributed by atoms with Crippen LogP contribution in [0.2, 0.25) is 0 Å². The van der Waals surface area contributed by atoms with Gasteiger partial charge in [0.1, 0.15) is 0 Å². The Labute approximate surface area is 632 Å². The lowest BCUT2D eigenvalue weighted by Crippen LogP contribution is -2.25. The predicted molar refractivity (Wildman–Crippen MR) is 460 cm³/mol. The van der Waals surface area contributed by atoms with Crippen LogP contribution in [0, 0.1) is 0 Å². The number of unbranched alkanes of at least 4 members (excludes halogenated alkanes) is 38. The van der Waals surface area contributed by atoms with Crippen molar-refractivity contribution < 1.29 is 0 Å². The zero-order chi connectivity index (χ0) is 68.1. The van der Waals surface area contributed by atoms with Crippen LogP contribution in [0.1, 0.15) is 359 Å². The quantitative estimate of drug-likeness (QED) is 0.0396. The zero-order valence-corrected chi connectivity index (χ0v) is 68.9. The van der Waals surface area contributed by atoms with Crippen LogP contribution in [0.3, 0.4) is 0 Å². The second-order valence-corrected chi connectivity index (χ2v) is 38.8. The molecule has 0 saturated carbocycles. The van der Waals surface area contributed by atoms with Gasteiger partial charge in [0.15, 0.2) is 0 Å². The minimum Gasteiger partial charge on any atom is -0.117 e. The fourth-order valence-corrected chi connectivity index (χ4v) is 26.2. The fourth-order valence-electron chi connectivity index (χ4n) is 14.4. The van der Waals surface area contributed by atoms with Crippen molar-refractivity contribution in [2.75, 3.05) is 23.0 Å². The first-order chi connectivity index (χ1) is 47.9. The van der Waals surface area contributed by atoms with Crippen LogP contribution in [0.5, 0.6) is 0 Å². The topological polar surface area (TPSA) is 0 Å². The van der Waals surface area contributed by atoms with Crippen LogP contribution in [0.15, 0.2) is 110 Å². The Morgan fingerprint density at radius 3 is 0.742 bits per heavy atom. The SMILES string of the molecule is CCCCCCCCCCSC1=C(SCCCCCCCCCC)SC(=Cc2ccc(-c3ccc4c(c3)C(CCCCCCCC)(CCCCCCCC)c3cc(-c5ccc(C=C6SC(SCCCCCCCCCC)=C(SCCCCCCCCCC)S6)cc5)ccc3-4)cc2)S1. The molecular formula is C89H134S8. The summed E-state index contributed by atoms with van der Waals surface area (Å²) in [6, 6.07) is 34.7. The largest absolute Gasteiger partial charge is 0.117 e. The lowest BCUT2D eigenvalue weighted by atomic mass is 9.70. The molecule has 0 aromatic heterocycles. The van der Waals surface area contributed by atoms with Gasteiger partial charge in [0, 0.05) is 5.41 Å². The molecule has 4 aromatic rings. The molecule has 0 atom stereocenters. The van der Waals surface area contributed by atoms with Gasteiger partial charge in [-0.3, -0.25) is 0 Å². The molecule has 4 aromatic carbocycles. The first-order valence-electron chi connectivity index (χ1n) is 40.6. The Bertz CT molecular complexity index is 2610. The third-order valence-electron chi connectivity index (χ3n) is 20.4. The van der Waals surface area contributed by atoms with Gasteiger partial charge in [-0.2, -0.15) is 0 Å². The van der Waals surface area contributed by atoms with Crippen molar-refractivity contribution in [3.63, 3.8) is 0 Å². The maximum absolute atomic E-state index is 2.67. The van der Waals surface area contributed by atoms with Crippen LogP contribution >= 0.6 is 94.1 Å². The number of fused-ring (bicyclic) bond motifs is 3. The number of benzene rings is 4. The summed E-state index contributed by atoms with van der Waals surface area (Å²) in [7, 11) is 0. The van der Waals surface area contributed by atoms with E-state index in [1.165, 1.54) is 371 Å². The van der Waals surface area contributed by atoms with Crippen molar-refractivity contribution in [1.82, 2.24) is 0 Å². The summed E-state index contributed by atoms with van der Waals surface area (Å²) >= 11 is 16.8. The van der Waals surface area contributed by atoms with E-state index in [-0.39, 0.29) is 5.41 Å². The maximum atomic E-state index is 2.67. The maximum Gasteiger partial charge on any atom is 0.0659 e. The molecule has 0 bridgehead atoms. The Balaban J connectivity index is 1.07. The van der Waals surface area contributed by atoms with Gasteiger partial charge in [-0.25, -0.2) is 0 Å². The predicted octanol–water partition coefficient (Wildman–Crippen LogP) is 34.1. The molecule has 0 saturated heterocycles. The second-order valence-electron chi connectivity index (χ2n) is 28.7. The summed E-state index contributed by atoms with van der Waals surface area (Å²) in [5, 5.41) is 0. The van der Waals surface area contributed by atoms with E-state index in [2.05, 4.69) is 233 Å². The number of hydrogen-bond donors (Lipinski definition) is 0. The Morgan fingerprint density at radius 1 is 0.258 bits per heavy atom. The molecule has 2 aliphatic heterocycles. The van der Waals surface area contributed by atoms with Gasteiger partial charge in [0.25, 0.3) is 0 Å². The van der Waals surface area contributed by atoms with E-state index < -0.39 is 0 Å². The molecule has 0 unspecified atom stereocenters. The minimum absolute atomic E-state index is 0.00336. The lowest BCUT2D eigenvalue weighted by Gasteiger charge is -2.33. The molecule has 3 aliphatic rings. The molecular weight excluding hydrogens is 1330 g/mol. The van der Waals surface area contributed by atoms with Crippen molar-refractivity contribution in [2.45, 2.75) is 342 Å². The van der Waals surface area contributed by atoms with Crippen LogP contribution in [-0.4, -0.2) is 23.0 Å². The molecule has 0 nitrogen and oxygen atoms in total. The lowest BCUT2D eigenvalue weighted by molar-refractivity contribution is 0.398. The fraction of sp³-hybridized carbons (Fsp3) is 0.640. The van der Waals surface area contributed by atoms with Crippen LogP contribution in [-0.2, 0) is 5.41 Å². The van der Waals surface area contributed by atoms with E-state index in [0.717, 1.165) is 0 Å². The molecule has 97 heavy (non-hydrogen) atoms. The summed E-state index contributed by atoms with van der Waals surface area (Å²) < 4.78 is 9.16. The summed E-state index contributed by atoms with van der Waals surface area (Å²) in [5.74, 6) is 4.99. The first-order valence-corrected chi connectivity index (χ1v) is 47.8. The second kappa shape index (κ2) is 51.7. The monoisotopic (exact) mass is 1460 g/mol. The molecule has 7 rings (SSSR count). The summed E-state index contributed by atoms with van der Waals surface area (Å²) in [6.07, 6.45) is 67.8.